The standard InChI is InChI=1S/C26H25N5O4/c1-35-23-13-7-20(8-14-23)25-24(18-30(29-25)17-19-5-3-2-4-6-19)26(32)28-16-15-27-21-9-11-22(12-10-21)31(33)34/h2-14,18,27H,15-17H2,1H3,(H,28,32). The third-order valence-electron chi connectivity index (χ3n) is 5.37. The largest absolute Gasteiger partial charge is 0.497 e. The Morgan fingerprint density at radius 1 is 1.00 bits per heavy atom. The first-order chi connectivity index (χ1) is 17.0. The van der Waals surface area contributed by atoms with Gasteiger partial charge in [-0.1, -0.05) is 30.3 Å². The molecule has 0 saturated carbocycles. The molecule has 178 valence electrons. The Hall–Kier alpha value is -4.66. The molecule has 0 aliphatic carbocycles. The molecule has 9 nitrogen and oxygen atoms in total. The molecule has 0 unspecified atom stereocenters. The highest BCUT2D eigenvalue weighted by Crippen LogP contribution is 2.25. The summed E-state index contributed by atoms with van der Waals surface area (Å²) in [6.07, 6.45) is 1.76. The first kappa shape index (κ1) is 23.5. The summed E-state index contributed by atoms with van der Waals surface area (Å²) >= 11 is 0. The molecule has 0 saturated heterocycles. The van der Waals surface area contributed by atoms with E-state index in [2.05, 4.69) is 10.6 Å². The number of ether oxygens (including phenoxy) is 1. The van der Waals surface area contributed by atoms with Crippen LogP contribution in [0.3, 0.4) is 0 Å². The van der Waals surface area contributed by atoms with Crippen molar-refractivity contribution in [2.24, 2.45) is 0 Å². The van der Waals surface area contributed by atoms with Crippen LogP contribution in [0.5, 0.6) is 5.75 Å². The van der Waals surface area contributed by atoms with E-state index in [0.717, 1.165) is 22.6 Å². The lowest BCUT2D eigenvalue weighted by Gasteiger charge is -2.08. The van der Waals surface area contributed by atoms with Gasteiger partial charge in [-0.2, -0.15) is 5.10 Å². The number of rotatable bonds is 10. The van der Waals surface area contributed by atoms with Gasteiger partial charge in [-0.25, -0.2) is 0 Å². The van der Waals surface area contributed by atoms with Crippen molar-refractivity contribution in [2.75, 3.05) is 25.5 Å². The lowest BCUT2D eigenvalue weighted by Crippen LogP contribution is -2.28. The zero-order valence-corrected chi connectivity index (χ0v) is 19.2. The lowest BCUT2D eigenvalue weighted by molar-refractivity contribution is -0.384. The molecule has 35 heavy (non-hydrogen) atoms. The van der Waals surface area contributed by atoms with Gasteiger partial charge in [0, 0.05) is 42.7 Å². The Bertz CT molecular complexity index is 1290. The molecule has 0 spiro atoms. The first-order valence-electron chi connectivity index (χ1n) is 11.1. The van der Waals surface area contributed by atoms with E-state index in [0.29, 0.717) is 30.9 Å². The van der Waals surface area contributed by atoms with Gasteiger partial charge < -0.3 is 15.4 Å². The molecule has 4 rings (SSSR count). The fraction of sp³-hybridized carbons (Fsp3) is 0.154. The molecule has 3 aromatic carbocycles. The minimum atomic E-state index is -0.442. The number of hydrogen-bond donors (Lipinski definition) is 2. The van der Waals surface area contributed by atoms with E-state index in [4.69, 9.17) is 9.84 Å². The van der Waals surface area contributed by atoms with E-state index in [-0.39, 0.29) is 11.6 Å². The Kier molecular flexibility index (Phi) is 7.37. The average Bonchev–Trinajstić information content (AvgIpc) is 3.31. The third-order valence-corrected chi connectivity index (χ3v) is 5.37. The molecule has 0 radical (unpaired) electrons. The van der Waals surface area contributed by atoms with Crippen LogP contribution in [0, 0.1) is 10.1 Å². The van der Waals surface area contributed by atoms with Crippen molar-refractivity contribution in [2.45, 2.75) is 6.54 Å². The van der Waals surface area contributed by atoms with E-state index in [1.54, 1.807) is 30.1 Å². The summed E-state index contributed by atoms with van der Waals surface area (Å²) < 4.78 is 7.00. The summed E-state index contributed by atoms with van der Waals surface area (Å²) in [6.45, 7) is 1.36. The van der Waals surface area contributed by atoms with Gasteiger partial charge in [0.2, 0.25) is 0 Å². The predicted molar refractivity (Wildman–Crippen MR) is 134 cm³/mol. The number of hydrogen-bond acceptors (Lipinski definition) is 6. The smallest absolute Gasteiger partial charge is 0.269 e. The van der Waals surface area contributed by atoms with Crippen molar-refractivity contribution in [1.29, 1.82) is 0 Å². The van der Waals surface area contributed by atoms with Crippen LogP contribution in [0.1, 0.15) is 15.9 Å². The average molecular weight is 472 g/mol. The summed E-state index contributed by atoms with van der Waals surface area (Å²) in [7, 11) is 1.60. The second-order valence-corrected chi connectivity index (χ2v) is 7.79. The van der Waals surface area contributed by atoms with E-state index >= 15 is 0 Å². The van der Waals surface area contributed by atoms with Crippen LogP contribution in [-0.2, 0) is 6.54 Å². The van der Waals surface area contributed by atoms with Crippen molar-refractivity contribution < 1.29 is 14.5 Å². The van der Waals surface area contributed by atoms with Crippen LogP contribution < -0.4 is 15.4 Å². The number of carbonyl (C=O) groups excluding carboxylic acids is 1. The normalized spacial score (nSPS) is 10.5. The number of carbonyl (C=O) groups is 1. The van der Waals surface area contributed by atoms with Crippen LogP contribution >= 0.6 is 0 Å². The van der Waals surface area contributed by atoms with Gasteiger partial charge in [0.15, 0.2) is 0 Å². The van der Waals surface area contributed by atoms with Gasteiger partial charge in [0.1, 0.15) is 11.4 Å². The number of nitrogens with zero attached hydrogens (tertiary/aromatic N) is 3. The monoisotopic (exact) mass is 471 g/mol. The zero-order valence-electron chi connectivity index (χ0n) is 19.2. The van der Waals surface area contributed by atoms with E-state index in [1.165, 1.54) is 12.1 Å². The van der Waals surface area contributed by atoms with Crippen molar-refractivity contribution in [1.82, 2.24) is 15.1 Å². The molecule has 1 amide bonds. The molecule has 0 bridgehead atoms. The van der Waals surface area contributed by atoms with Gasteiger partial charge in [0.25, 0.3) is 11.6 Å². The SMILES string of the molecule is COc1ccc(-c2nn(Cc3ccccc3)cc2C(=O)NCCNc2ccc([N+](=O)[O-])cc2)cc1. The molecule has 0 atom stereocenters. The van der Waals surface area contributed by atoms with Gasteiger partial charge in [-0.3, -0.25) is 19.6 Å². The number of nitro groups is 1. The van der Waals surface area contributed by atoms with Crippen LogP contribution in [0.2, 0.25) is 0 Å². The number of amides is 1. The molecular weight excluding hydrogens is 446 g/mol. The van der Waals surface area contributed by atoms with Crippen LogP contribution in [0.25, 0.3) is 11.3 Å². The van der Waals surface area contributed by atoms with Crippen molar-refractivity contribution in [3.63, 3.8) is 0 Å². The number of aromatic nitrogens is 2. The fourth-order valence-electron chi connectivity index (χ4n) is 3.58. The molecular formula is C26H25N5O4. The summed E-state index contributed by atoms with van der Waals surface area (Å²) in [5.74, 6) is 0.487. The van der Waals surface area contributed by atoms with Crippen molar-refractivity contribution >= 4 is 17.3 Å². The molecule has 1 aromatic heterocycles. The number of benzene rings is 3. The minimum Gasteiger partial charge on any atom is -0.497 e. The Labute approximate surface area is 202 Å². The van der Waals surface area contributed by atoms with Crippen molar-refractivity contribution in [3.8, 4) is 17.0 Å². The predicted octanol–water partition coefficient (Wildman–Crippen LogP) is 4.36. The van der Waals surface area contributed by atoms with Gasteiger partial charge in [-0.15, -0.1) is 0 Å². The molecule has 4 aromatic rings. The number of methoxy groups -OCH3 is 1. The first-order valence-corrected chi connectivity index (χ1v) is 11.1. The van der Waals surface area contributed by atoms with E-state index in [1.807, 2.05) is 54.6 Å². The second-order valence-electron chi connectivity index (χ2n) is 7.79. The van der Waals surface area contributed by atoms with E-state index < -0.39 is 4.92 Å². The number of nitrogens with one attached hydrogen (secondary N) is 2. The van der Waals surface area contributed by atoms with Crippen LogP contribution in [0.15, 0.2) is 85.1 Å². The Morgan fingerprint density at radius 3 is 2.37 bits per heavy atom. The minimum absolute atomic E-state index is 0.0300. The van der Waals surface area contributed by atoms with Crippen molar-refractivity contribution in [3.05, 3.63) is 106 Å². The van der Waals surface area contributed by atoms with Crippen LogP contribution in [0.4, 0.5) is 11.4 Å². The number of anilines is 1. The van der Waals surface area contributed by atoms with Crippen LogP contribution in [-0.4, -0.2) is 40.8 Å². The van der Waals surface area contributed by atoms with Gasteiger partial charge in [0.05, 0.1) is 24.1 Å². The Balaban J connectivity index is 1.45. The highest BCUT2D eigenvalue weighted by molar-refractivity contribution is 5.99. The fourth-order valence-corrected chi connectivity index (χ4v) is 3.58. The summed E-state index contributed by atoms with van der Waals surface area (Å²) in [4.78, 5) is 23.4. The lowest BCUT2D eigenvalue weighted by atomic mass is 10.1. The maximum atomic E-state index is 13.1. The molecule has 0 aliphatic heterocycles. The van der Waals surface area contributed by atoms with Gasteiger partial charge >= 0.3 is 0 Å². The maximum absolute atomic E-state index is 13.1. The molecule has 9 heteroatoms. The summed E-state index contributed by atoms with van der Waals surface area (Å²) in [6, 6.07) is 23.5. The highest BCUT2D eigenvalue weighted by atomic mass is 16.6. The summed E-state index contributed by atoms with van der Waals surface area (Å²) in [5, 5.41) is 21.5. The number of non-ortho nitro benzene ring substituents is 1. The molecule has 1 heterocycles. The topological polar surface area (TPSA) is 111 Å². The van der Waals surface area contributed by atoms with Gasteiger partial charge in [-0.05, 0) is 42.0 Å². The Morgan fingerprint density at radius 2 is 1.71 bits per heavy atom. The molecule has 2 N–H and O–H groups in total. The second kappa shape index (κ2) is 11.0. The summed E-state index contributed by atoms with van der Waals surface area (Å²) in [5.41, 5.74) is 3.72. The third kappa shape index (κ3) is 6.02. The maximum Gasteiger partial charge on any atom is 0.269 e. The molecule has 0 aliphatic rings. The van der Waals surface area contributed by atoms with E-state index in [9.17, 15) is 14.9 Å². The highest BCUT2D eigenvalue weighted by Gasteiger charge is 2.18. The molecule has 0 fully saturated rings. The zero-order chi connectivity index (χ0) is 24.6. The quantitative estimate of drug-likeness (QED) is 0.202. The number of nitro benzene ring substituents is 1.